The Morgan fingerprint density at radius 2 is 1.48 bits per heavy atom. The van der Waals surface area contributed by atoms with Crippen LogP contribution in [0.25, 0.3) is 22.3 Å². The first-order valence-corrected chi connectivity index (χ1v) is 29.3. The summed E-state index contributed by atoms with van der Waals surface area (Å²) in [7, 11) is -19.6. The van der Waals surface area contributed by atoms with E-state index < -0.39 is 147 Å². The molecule has 43 heteroatoms. The number of hydrogen-bond acceptors (Lipinski definition) is 28. The zero-order valence-corrected chi connectivity index (χ0v) is 45.3. The van der Waals surface area contributed by atoms with Crippen molar-refractivity contribution in [2.45, 2.75) is 80.4 Å². The molecule has 0 aliphatic carbocycles. The number of methoxy groups -OCH3 is 2. The number of nitrogens with two attached hydrogens (primary N) is 2. The van der Waals surface area contributed by atoms with Crippen molar-refractivity contribution < 1.29 is 113 Å². The summed E-state index contributed by atoms with van der Waals surface area (Å²) in [6, 6.07) is 0.921. The van der Waals surface area contributed by atoms with E-state index in [2.05, 4.69) is 38.9 Å². The molecule has 3 saturated heterocycles. The molecule has 0 spiro atoms. The van der Waals surface area contributed by atoms with Crippen molar-refractivity contribution in [1.82, 2.24) is 48.9 Å². The summed E-state index contributed by atoms with van der Waals surface area (Å²) in [6.45, 7) is -3.03. The van der Waals surface area contributed by atoms with Gasteiger partial charge in [-0.1, -0.05) is 4.98 Å². The smallest absolute Gasteiger partial charge is 0.387 e. The van der Waals surface area contributed by atoms with Crippen molar-refractivity contribution in [1.29, 1.82) is 0 Å². The van der Waals surface area contributed by atoms with Crippen LogP contribution in [-0.2, 0) is 80.5 Å². The molecular weight excluding hydrogens is 1170 g/mol. The molecule has 0 saturated carbocycles. The minimum absolute atomic E-state index is 0.00268. The van der Waals surface area contributed by atoms with Gasteiger partial charge in [0.15, 0.2) is 30.2 Å². The maximum atomic E-state index is 13.6. The molecule has 3 fully saturated rings. The van der Waals surface area contributed by atoms with Gasteiger partial charge < -0.3 is 75.4 Å². The lowest BCUT2D eigenvalue weighted by molar-refractivity contribution is -0.745. The van der Waals surface area contributed by atoms with Crippen LogP contribution in [0, 0.1) is 5.92 Å². The molecule has 0 bridgehead atoms. The van der Waals surface area contributed by atoms with Crippen LogP contribution in [0.15, 0.2) is 45.6 Å². The number of nitrogens with one attached hydrogen (secondary N) is 3. The lowest BCUT2D eigenvalue weighted by atomic mass is 9.93. The quantitative estimate of drug-likeness (QED) is 0.0150. The highest BCUT2D eigenvalue weighted by Gasteiger charge is 2.54. The van der Waals surface area contributed by atoms with E-state index in [1.807, 2.05) is 4.98 Å². The molecule has 8 rings (SSSR count). The van der Waals surface area contributed by atoms with E-state index in [4.69, 9.17) is 53.2 Å². The Bertz CT molecular complexity index is 3450. The standard InChI is InChI=1S/C37H53N13O26P4/c1-47-15-50(31-23(47)32(56)46-36(39)45-31)33-24(53)16(4-5-20(51)40-7-9-66-2)17(71-33)10-69-78(60,61)75-80(64,65)76-79(62,63)70-12-19-27(28(67-3)35(73-19)49-14-43-22-29(38)41-13-42-30(22)49)74-77(58,59)68-11-18-25(54)26(55)34(72-18)48-8-6-21(52)44-37(48)57/h6,8,13-19,24-28,33-35,53-55H,4-5,7,9-12H2,1-3H3,(H10-,38,39,40,41,42,44,45,46,51,52,56,57,58,59,60,61,62,63,64,65)/p+1/t16-,17-,18-,19-,24-,25-,26-,27-,28-,33?,34-,35-/m1/s1. The lowest BCUT2D eigenvalue weighted by Crippen LogP contribution is -2.45. The van der Waals surface area contributed by atoms with Gasteiger partial charge in [0.1, 0.15) is 54.6 Å². The molecule has 442 valence electrons. The molecule has 1 amide bonds. The number of imidazole rings is 2. The molecule has 3 aliphatic heterocycles. The highest BCUT2D eigenvalue weighted by atomic mass is 31.3. The zero-order chi connectivity index (χ0) is 58.2. The SMILES string of the molecule is COCCNC(=O)CC[C@@H]1[C@@H](COP(=O)(O)OP(=O)(O)OP(=O)(O)OC[C@H]2O[C@@H](n3cnc4c(N)ncnc43)[C@H](OC)[C@@H]2OP(=O)(O)OC[C@H]2O[C@@H](n3ccc(=O)[nH]c3=O)[C@H](O)[C@@H]2O)OC([n+]2cn(C)c3c(=O)[nH]c(N)nc32)[C@@H]1O. The van der Waals surface area contributed by atoms with Crippen LogP contribution in [-0.4, -0.2) is 180 Å². The summed E-state index contributed by atoms with van der Waals surface area (Å²) < 4.78 is 115. The van der Waals surface area contributed by atoms with Crippen LogP contribution in [0.3, 0.4) is 0 Å². The number of aromatic nitrogens is 10. The monoisotopic (exact) mass is 1220 g/mol. The number of amides is 1. The number of aryl methyl sites for hydroxylation is 1. The lowest BCUT2D eigenvalue weighted by Gasteiger charge is -2.26. The first kappa shape index (κ1) is 60.9. The molecule has 8 heterocycles. The number of nitrogens with zero attached hydrogens (tertiary/aromatic N) is 8. The first-order valence-electron chi connectivity index (χ1n) is 23.3. The number of aromatic amines is 2. The fourth-order valence-corrected chi connectivity index (χ4v) is 13.4. The fraction of sp³-hybridized carbons (Fsp3) is 0.595. The predicted octanol–water partition coefficient (Wildman–Crippen LogP) is -4.08. The Morgan fingerprint density at radius 1 is 0.812 bits per heavy atom. The summed E-state index contributed by atoms with van der Waals surface area (Å²) in [5.74, 6) is -2.01. The molecule has 14 N–H and O–H groups in total. The molecule has 5 unspecified atom stereocenters. The zero-order valence-electron chi connectivity index (χ0n) is 41.7. The van der Waals surface area contributed by atoms with Gasteiger partial charge in [-0.25, -0.2) is 42.6 Å². The normalized spacial score (nSPS) is 29.1. The third-order valence-electron chi connectivity index (χ3n) is 12.5. The number of carbonyl (C=O) groups excluding carboxylic acids is 1. The molecule has 39 nitrogen and oxygen atoms in total. The average molecular weight is 1220 g/mol. The molecular formula is C37H54N13O26P4+. The highest BCUT2D eigenvalue weighted by molar-refractivity contribution is 7.66. The Balaban J connectivity index is 0.947. The van der Waals surface area contributed by atoms with Gasteiger partial charge in [0, 0.05) is 45.4 Å². The van der Waals surface area contributed by atoms with Crippen LogP contribution < -0.4 is 38.2 Å². The van der Waals surface area contributed by atoms with E-state index in [9.17, 15) is 72.3 Å². The molecule has 80 heavy (non-hydrogen) atoms. The highest BCUT2D eigenvalue weighted by Crippen LogP contribution is 2.68. The molecule has 0 radical (unpaired) electrons. The summed E-state index contributed by atoms with van der Waals surface area (Å²) in [4.78, 5) is 113. The predicted molar refractivity (Wildman–Crippen MR) is 259 cm³/mol. The van der Waals surface area contributed by atoms with Crippen molar-refractivity contribution in [3.63, 3.8) is 0 Å². The number of fused-ring (bicyclic) bond motifs is 2. The van der Waals surface area contributed by atoms with Crippen molar-refractivity contribution in [2.75, 3.05) is 58.7 Å². The number of hydrogen-bond donors (Lipinski definition) is 12. The van der Waals surface area contributed by atoms with Gasteiger partial charge in [0.25, 0.3) is 17.1 Å². The number of aliphatic hydroxyl groups is 3. The molecule has 5 aromatic heterocycles. The van der Waals surface area contributed by atoms with Crippen molar-refractivity contribution in [2.24, 2.45) is 13.0 Å². The maximum Gasteiger partial charge on any atom is 0.490 e. The average Bonchev–Trinajstić information content (AvgIpc) is 4.36. The van der Waals surface area contributed by atoms with Gasteiger partial charge in [0.2, 0.25) is 17.7 Å². The van der Waals surface area contributed by atoms with Crippen LogP contribution in [0.4, 0.5) is 11.8 Å². The van der Waals surface area contributed by atoms with E-state index in [0.717, 1.165) is 36.6 Å². The topological polar surface area (TPSA) is 546 Å². The van der Waals surface area contributed by atoms with E-state index in [1.54, 1.807) is 0 Å². The Kier molecular flexibility index (Phi) is 18.6. The second kappa shape index (κ2) is 24.4. The summed E-state index contributed by atoms with van der Waals surface area (Å²) in [5, 5.41) is 35.5. The minimum atomic E-state index is -6.24. The molecule has 16 atom stereocenters. The first-order chi connectivity index (χ1) is 37.6. The van der Waals surface area contributed by atoms with Gasteiger partial charge in [-0.15, -0.1) is 0 Å². The van der Waals surface area contributed by atoms with Crippen LogP contribution in [0.5, 0.6) is 0 Å². The van der Waals surface area contributed by atoms with Gasteiger partial charge in [0.05, 0.1) is 45.9 Å². The minimum Gasteiger partial charge on any atom is -0.387 e. The number of aliphatic hydroxyl groups excluding tert-OH is 3. The third-order valence-corrected chi connectivity index (χ3v) is 17.7. The number of H-pyrrole nitrogens is 2. The Labute approximate surface area is 446 Å². The summed E-state index contributed by atoms with van der Waals surface area (Å²) in [5.41, 5.74) is 9.20. The van der Waals surface area contributed by atoms with Crippen LogP contribution >= 0.6 is 31.3 Å². The number of phosphoric acid groups is 4. The molecule has 0 aromatic carbocycles. The van der Waals surface area contributed by atoms with Crippen LogP contribution in [0.2, 0.25) is 0 Å². The number of phosphoric ester groups is 3. The second-order valence-electron chi connectivity index (χ2n) is 17.8. The van der Waals surface area contributed by atoms with E-state index in [0.29, 0.717) is 0 Å². The molecule has 5 aromatic rings. The van der Waals surface area contributed by atoms with Gasteiger partial charge in [-0.3, -0.25) is 56.1 Å². The Morgan fingerprint density at radius 3 is 2.15 bits per heavy atom. The maximum absolute atomic E-state index is 13.6. The van der Waals surface area contributed by atoms with Gasteiger partial charge in [-0.05, 0) is 6.42 Å². The number of ether oxygens (including phenoxy) is 5. The summed E-state index contributed by atoms with van der Waals surface area (Å²) >= 11 is 0. The largest absolute Gasteiger partial charge is 0.490 e. The number of anilines is 2. The number of nitrogen functional groups attached to an aromatic ring is 2. The second-order valence-corrected chi connectivity index (χ2v) is 23.8. The third kappa shape index (κ3) is 13.7. The van der Waals surface area contributed by atoms with Crippen molar-refractivity contribution in [3.05, 3.63) is 62.4 Å². The van der Waals surface area contributed by atoms with Crippen molar-refractivity contribution >= 4 is 71.3 Å². The van der Waals surface area contributed by atoms with E-state index >= 15 is 0 Å². The number of carbonyl (C=O) groups is 1. The molecule has 3 aliphatic rings. The Hall–Kier alpha value is -5.15. The number of rotatable bonds is 25. The van der Waals surface area contributed by atoms with Gasteiger partial charge in [-0.2, -0.15) is 8.62 Å². The van der Waals surface area contributed by atoms with E-state index in [1.165, 1.54) is 34.2 Å². The fourth-order valence-electron chi connectivity index (χ4n) is 8.91. The van der Waals surface area contributed by atoms with Gasteiger partial charge >= 0.3 is 42.6 Å². The summed E-state index contributed by atoms with van der Waals surface area (Å²) in [6.07, 6.45) is -14.1. The van der Waals surface area contributed by atoms with E-state index in [-0.39, 0.29) is 60.1 Å². The van der Waals surface area contributed by atoms with Crippen LogP contribution in [0.1, 0.15) is 31.5 Å². The van der Waals surface area contributed by atoms with Crippen molar-refractivity contribution in [3.8, 4) is 0 Å².